The standard InChI is InChI=1S/C14H15N5O2/c1-20-14-12-11(2-4-15-14)17-18-13(12)9-6-16-19(7-9)10-3-5-21-8-10/h2,4,6-7,10H,3,5,8H2,1H3,(H,17,18). The van der Waals surface area contributed by atoms with Crippen molar-refractivity contribution in [2.45, 2.75) is 12.5 Å². The van der Waals surface area contributed by atoms with Crippen LogP contribution in [0.2, 0.25) is 0 Å². The van der Waals surface area contributed by atoms with Crippen molar-refractivity contribution in [1.82, 2.24) is 25.0 Å². The number of fused-ring (bicyclic) bond motifs is 1. The molecule has 21 heavy (non-hydrogen) atoms. The van der Waals surface area contributed by atoms with Gasteiger partial charge in [-0.3, -0.25) is 9.78 Å². The summed E-state index contributed by atoms with van der Waals surface area (Å²) < 4.78 is 12.7. The molecule has 7 nitrogen and oxygen atoms in total. The summed E-state index contributed by atoms with van der Waals surface area (Å²) in [5.41, 5.74) is 2.65. The molecule has 4 rings (SSSR count). The van der Waals surface area contributed by atoms with Gasteiger partial charge in [-0.15, -0.1) is 0 Å². The van der Waals surface area contributed by atoms with E-state index in [9.17, 15) is 0 Å². The number of hydrogen-bond acceptors (Lipinski definition) is 5. The van der Waals surface area contributed by atoms with Crippen molar-refractivity contribution in [2.24, 2.45) is 0 Å². The van der Waals surface area contributed by atoms with Gasteiger partial charge in [-0.2, -0.15) is 10.2 Å². The molecule has 1 fully saturated rings. The highest BCUT2D eigenvalue weighted by Gasteiger charge is 2.20. The lowest BCUT2D eigenvalue weighted by Gasteiger charge is -2.06. The van der Waals surface area contributed by atoms with Crippen LogP contribution in [-0.2, 0) is 4.74 Å². The van der Waals surface area contributed by atoms with Crippen LogP contribution < -0.4 is 4.74 Å². The quantitative estimate of drug-likeness (QED) is 0.793. The number of ether oxygens (including phenoxy) is 2. The molecule has 0 bridgehead atoms. The molecule has 0 amide bonds. The highest BCUT2D eigenvalue weighted by molar-refractivity contribution is 5.96. The van der Waals surface area contributed by atoms with Gasteiger partial charge in [0.2, 0.25) is 5.88 Å². The molecule has 1 saturated heterocycles. The zero-order valence-corrected chi connectivity index (χ0v) is 11.6. The Morgan fingerprint density at radius 1 is 1.48 bits per heavy atom. The lowest BCUT2D eigenvalue weighted by molar-refractivity contribution is 0.184. The number of rotatable bonds is 3. The van der Waals surface area contributed by atoms with Crippen LogP contribution in [0.5, 0.6) is 5.88 Å². The molecular formula is C14H15N5O2. The van der Waals surface area contributed by atoms with Gasteiger partial charge in [-0.1, -0.05) is 0 Å². The minimum atomic E-state index is 0.309. The van der Waals surface area contributed by atoms with Crippen LogP contribution in [0.1, 0.15) is 12.5 Å². The van der Waals surface area contributed by atoms with Crippen LogP contribution in [-0.4, -0.2) is 45.3 Å². The first-order chi connectivity index (χ1) is 10.4. The molecular weight excluding hydrogens is 270 g/mol. The predicted octanol–water partition coefficient (Wildman–Crippen LogP) is 1.79. The van der Waals surface area contributed by atoms with Crippen molar-refractivity contribution in [1.29, 1.82) is 0 Å². The number of H-pyrrole nitrogens is 1. The zero-order valence-electron chi connectivity index (χ0n) is 11.6. The van der Waals surface area contributed by atoms with E-state index in [4.69, 9.17) is 9.47 Å². The van der Waals surface area contributed by atoms with E-state index < -0.39 is 0 Å². The van der Waals surface area contributed by atoms with Gasteiger partial charge in [-0.05, 0) is 12.5 Å². The second kappa shape index (κ2) is 4.85. The van der Waals surface area contributed by atoms with E-state index >= 15 is 0 Å². The lowest BCUT2D eigenvalue weighted by Crippen LogP contribution is -2.08. The SMILES string of the molecule is COc1nccc2[nH]nc(-c3cnn(C4CCOC4)c3)c12. The molecule has 7 heteroatoms. The molecule has 0 aliphatic carbocycles. The monoisotopic (exact) mass is 285 g/mol. The highest BCUT2D eigenvalue weighted by Crippen LogP contribution is 2.32. The van der Waals surface area contributed by atoms with Gasteiger partial charge in [0, 0.05) is 24.6 Å². The van der Waals surface area contributed by atoms with Gasteiger partial charge in [0.15, 0.2) is 0 Å². The summed E-state index contributed by atoms with van der Waals surface area (Å²) in [6, 6.07) is 2.19. The van der Waals surface area contributed by atoms with Crippen LogP contribution >= 0.6 is 0 Å². The number of pyridine rings is 1. The second-order valence-electron chi connectivity index (χ2n) is 5.04. The zero-order chi connectivity index (χ0) is 14.2. The van der Waals surface area contributed by atoms with Crippen molar-refractivity contribution in [3.63, 3.8) is 0 Å². The van der Waals surface area contributed by atoms with Crippen LogP contribution in [0, 0.1) is 0 Å². The largest absolute Gasteiger partial charge is 0.480 e. The molecule has 0 aromatic carbocycles. The van der Waals surface area contributed by atoms with Crippen LogP contribution in [0.25, 0.3) is 22.2 Å². The van der Waals surface area contributed by atoms with Gasteiger partial charge in [-0.25, -0.2) is 4.98 Å². The Hall–Kier alpha value is -2.41. The summed E-state index contributed by atoms with van der Waals surface area (Å²) in [4.78, 5) is 4.24. The molecule has 3 aromatic rings. The molecule has 1 N–H and O–H groups in total. The summed E-state index contributed by atoms with van der Waals surface area (Å²) in [7, 11) is 1.61. The molecule has 3 aromatic heterocycles. The second-order valence-corrected chi connectivity index (χ2v) is 5.04. The molecule has 0 saturated carbocycles. The van der Waals surface area contributed by atoms with Crippen molar-refractivity contribution in [2.75, 3.05) is 20.3 Å². The van der Waals surface area contributed by atoms with E-state index in [0.717, 1.165) is 35.2 Å². The lowest BCUT2D eigenvalue weighted by atomic mass is 10.1. The van der Waals surface area contributed by atoms with Gasteiger partial charge in [0.25, 0.3) is 0 Å². The van der Waals surface area contributed by atoms with E-state index in [2.05, 4.69) is 20.3 Å². The third-order valence-electron chi connectivity index (χ3n) is 3.79. The van der Waals surface area contributed by atoms with Crippen molar-refractivity contribution < 1.29 is 9.47 Å². The third-order valence-corrected chi connectivity index (χ3v) is 3.79. The number of aromatic amines is 1. The number of nitrogens with one attached hydrogen (secondary N) is 1. The maximum Gasteiger partial charge on any atom is 0.224 e. The van der Waals surface area contributed by atoms with Gasteiger partial charge < -0.3 is 9.47 Å². The summed E-state index contributed by atoms with van der Waals surface area (Å²) in [6.07, 6.45) is 6.51. The Labute approximate surface area is 120 Å². The number of hydrogen-bond donors (Lipinski definition) is 1. The third kappa shape index (κ3) is 1.97. The summed E-state index contributed by atoms with van der Waals surface area (Å²) >= 11 is 0. The van der Waals surface area contributed by atoms with E-state index in [1.54, 1.807) is 13.3 Å². The number of methoxy groups -OCH3 is 1. The maximum atomic E-state index is 5.41. The number of aromatic nitrogens is 5. The highest BCUT2D eigenvalue weighted by atomic mass is 16.5. The van der Waals surface area contributed by atoms with Crippen LogP contribution in [0.3, 0.4) is 0 Å². The average Bonchev–Trinajstić information content (AvgIpc) is 3.24. The molecule has 1 aliphatic heterocycles. The Balaban J connectivity index is 1.79. The molecule has 1 aliphatic rings. The van der Waals surface area contributed by atoms with E-state index in [0.29, 0.717) is 18.5 Å². The van der Waals surface area contributed by atoms with Gasteiger partial charge in [0.05, 0.1) is 36.9 Å². The minimum absolute atomic E-state index is 0.309. The van der Waals surface area contributed by atoms with E-state index in [1.807, 2.05) is 23.1 Å². The first-order valence-corrected chi connectivity index (χ1v) is 6.86. The molecule has 0 spiro atoms. The fourth-order valence-electron chi connectivity index (χ4n) is 2.69. The number of nitrogens with zero attached hydrogens (tertiary/aromatic N) is 4. The average molecular weight is 285 g/mol. The Bertz CT molecular complexity index is 773. The Morgan fingerprint density at radius 2 is 2.43 bits per heavy atom. The Morgan fingerprint density at radius 3 is 3.24 bits per heavy atom. The van der Waals surface area contributed by atoms with Crippen molar-refractivity contribution in [3.8, 4) is 17.1 Å². The van der Waals surface area contributed by atoms with Crippen LogP contribution in [0.4, 0.5) is 0 Å². The minimum Gasteiger partial charge on any atom is -0.480 e. The van der Waals surface area contributed by atoms with Gasteiger partial charge >= 0.3 is 0 Å². The van der Waals surface area contributed by atoms with Crippen molar-refractivity contribution in [3.05, 3.63) is 24.7 Å². The smallest absolute Gasteiger partial charge is 0.224 e. The summed E-state index contributed by atoms with van der Waals surface area (Å²) in [5, 5.41) is 12.7. The van der Waals surface area contributed by atoms with E-state index in [-0.39, 0.29) is 0 Å². The molecule has 1 unspecified atom stereocenters. The molecule has 4 heterocycles. The molecule has 0 radical (unpaired) electrons. The first kappa shape index (κ1) is 12.3. The fraction of sp³-hybridized carbons (Fsp3) is 0.357. The topological polar surface area (TPSA) is 77.9 Å². The summed E-state index contributed by atoms with van der Waals surface area (Å²) in [5.74, 6) is 0.563. The van der Waals surface area contributed by atoms with Gasteiger partial charge in [0.1, 0.15) is 5.69 Å². The predicted molar refractivity (Wildman–Crippen MR) is 76.1 cm³/mol. The van der Waals surface area contributed by atoms with E-state index in [1.165, 1.54) is 0 Å². The summed E-state index contributed by atoms with van der Waals surface area (Å²) in [6.45, 7) is 1.51. The van der Waals surface area contributed by atoms with Crippen molar-refractivity contribution >= 4 is 10.9 Å². The van der Waals surface area contributed by atoms with Crippen LogP contribution in [0.15, 0.2) is 24.7 Å². The maximum absolute atomic E-state index is 5.41. The molecule has 108 valence electrons. The first-order valence-electron chi connectivity index (χ1n) is 6.86. The Kier molecular flexibility index (Phi) is 2.85. The molecule has 1 atom stereocenters. The fourth-order valence-corrected chi connectivity index (χ4v) is 2.69. The normalized spacial score (nSPS) is 18.4.